The average Bonchev–Trinajstić information content (AvgIpc) is 2.24. The van der Waals surface area contributed by atoms with Gasteiger partial charge in [0.2, 0.25) is 0 Å². The van der Waals surface area contributed by atoms with Crippen molar-refractivity contribution in [1.82, 2.24) is 4.90 Å². The minimum atomic E-state index is 0.895. The van der Waals surface area contributed by atoms with Gasteiger partial charge < -0.3 is 4.90 Å². The van der Waals surface area contributed by atoms with E-state index in [1.165, 1.54) is 58.2 Å². The third kappa shape index (κ3) is 5.01. The highest BCUT2D eigenvalue weighted by atomic mass is 15.1. The van der Waals surface area contributed by atoms with Gasteiger partial charge in [-0.05, 0) is 44.3 Å². The van der Waals surface area contributed by atoms with E-state index in [0.29, 0.717) is 0 Å². The Balaban J connectivity index is 2.32. The summed E-state index contributed by atoms with van der Waals surface area (Å²) in [5, 5.41) is 0. The topological polar surface area (TPSA) is 3.24 Å². The molecule has 1 aliphatic heterocycles. The molecule has 0 radical (unpaired) electrons. The summed E-state index contributed by atoms with van der Waals surface area (Å²) in [6, 6.07) is 0. The number of rotatable bonds is 2. The second-order valence-electron chi connectivity index (χ2n) is 5.43. The number of hydrogen-bond donors (Lipinski definition) is 0. The van der Waals surface area contributed by atoms with Gasteiger partial charge in [-0.3, -0.25) is 0 Å². The van der Waals surface area contributed by atoms with Crippen LogP contribution < -0.4 is 0 Å². The Morgan fingerprint density at radius 2 is 1.53 bits per heavy atom. The van der Waals surface area contributed by atoms with E-state index < -0.39 is 0 Å². The third-order valence-electron chi connectivity index (χ3n) is 3.99. The molecule has 0 amide bonds. The van der Waals surface area contributed by atoms with Crippen LogP contribution in [0.5, 0.6) is 0 Å². The lowest BCUT2D eigenvalue weighted by Crippen LogP contribution is -2.26. The summed E-state index contributed by atoms with van der Waals surface area (Å²) >= 11 is 0. The summed E-state index contributed by atoms with van der Waals surface area (Å²) in [6.45, 7) is 11.0. The highest BCUT2D eigenvalue weighted by Gasteiger charge is 2.14. The van der Waals surface area contributed by atoms with E-state index in [-0.39, 0.29) is 0 Å². The minimum Gasteiger partial charge on any atom is -0.304 e. The summed E-state index contributed by atoms with van der Waals surface area (Å²) in [5.41, 5.74) is 0. The maximum absolute atomic E-state index is 2.62. The number of nitrogens with zero attached hydrogens (tertiary/aromatic N) is 1. The SMILES string of the molecule is CCN1CCCCC(C(C)C)CCCC1. The van der Waals surface area contributed by atoms with Crippen LogP contribution in [0.25, 0.3) is 0 Å². The Labute approximate surface area is 96.2 Å². The van der Waals surface area contributed by atoms with Gasteiger partial charge in [0.25, 0.3) is 0 Å². The Kier molecular flexibility index (Phi) is 6.31. The molecule has 0 spiro atoms. The predicted octanol–water partition coefficient (Wildman–Crippen LogP) is 3.93. The number of hydrogen-bond acceptors (Lipinski definition) is 1. The molecule has 0 aromatic carbocycles. The molecule has 1 heteroatoms. The van der Waals surface area contributed by atoms with Gasteiger partial charge in [0, 0.05) is 0 Å². The van der Waals surface area contributed by atoms with Gasteiger partial charge in [0.05, 0.1) is 0 Å². The molecule has 0 N–H and O–H groups in total. The van der Waals surface area contributed by atoms with Crippen LogP contribution in [-0.2, 0) is 0 Å². The zero-order valence-electron chi connectivity index (χ0n) is 11.0. The molecule has 0 atom stereocenters. The predicted molar refractivity (Wildman–Crippen MR) is 68.1 cm³/mol. The Morgan fingerprint density at radius 1 is 1.00 bits per heavy atom. The van der Waals surface area contributed by atoms with Crippen LogP contribution in [0.2, 0.25) is 0 Å². The first-order valence-corrected chi connectivity index (χ1v) is 6.96. The van der Waals surface area contributed by atoms with E-state index in [9.17, 15) is 0 Å². The van der Waals surface area contributed by atoms with Crippen LogP contribution in [0.15, 0.2) is 0 Å². The van der Waals surface area contributed by atoms with Crippen molar-refractivity contribution in [1.29, 1.82) is 0 Å². The molecule has 0 bridgehead atoms. The van der Waals surface area contributed by atoms with Crippen molar-refractivity contribution in [3.63, 3.8) is 0 Å². The van der Waals surface area contributed by atoms with Crippen LogP contribution in [0.3, 0.4) is 0 Å². The van der Waals surface area contributed by atoms with E-state index >= 15 is 0 Å². The van der Waals surface area contributed by atoms with Crippen molar-refractivity contribution < 1.29 is 0 Å². The summed E-state index contributed by atoms with van der Waals surface area (Å²) in [6.07, 6.45) is 8.65. The quantitative estimate of drug-likeness (QED) is 0.669. The minimum absolute atomic E-state index is 0.895. The first-order chi connectivity index (χ1) is 7.24. The molecule has 0 unspecified atom stereocenters. The van der Waals surface area contributed by atoms with Gasteiger partial charge in [-0.1, -0.05) is 46.5 Å². The molecule has 1 fully saturated rings. The maximum atomic E-state index is 2.62. The first-order valence-electron chi connectivity index (χ1n) is 6.96. The normalized spacial score (nSPS) is 23.2. The zero-order chi connectivity index (χ0) is 11.1. The Bertz CT molecular complexity index is 141. The van der Waals surface area contributed by atoms with Crippen LogP contribution in [0.4, 0.5) is 0 Å². The molecule has 90 valence electrons. The lowest BCUT2D eigenvalue weighted by atomic mass is 9.86. The van der Waals surface area contributed by atoms with Gasteiger partial charge in [-0.25, -0.2) is 0 Å². The molecule has 1 nitrogen and oxygen atoms in total. The highest BCUT2D eigenvalue weighted by Crippen LogP contribution is 2.25. The van der Waals surface area contributed by atoms with Gasteiger partial charge >= 0.3 is 0 Å². The summed E-state index contributed by atoms with van der Waals surface area (Å²) in [7, 11) is 0. The monoisotopic (exact) mass is 211 g/mol. The van der Waals surface area contributed by atoms with Crippen molar-refractivity contribution in [3.05, 3.63) is 0 Å². The summed E-state index contributed by atoms with van der Waals surface area (Å²) < 4.78 is 0. The fraction of sp³-hybridized carbons (Fsp3) is 1.00. The lowest BCUT2D eigenvalue weighted by Gasteiger charge is -2.26. The third-order valence-corrected chi connectivity index (χ3v) is 3.99. The van der Waals surface area contributed by atoms with Crippen LogP contribution in [0, 0.1) is 11.8 Å². The average molecular weight is 211 g/mol. The van der Waals surface area contributed by atoms with E-state index in [2.05, 4.69) is 25.7 Å². The fourth-order valence-electron chi connectivity index (χ4n) is 2.72. The maximum Gasteiger partial charge on any atom is -0.00189 e. The molecular weight excluding hydrogens is 182 g/mol. The van der Waals surface area contributed by atoms with E-state index in [1.54, 1.807) is 0 Å². The Morgan fingerprint density at radius 3 is 1.93 bits per heavy atom. The molecule has 0 aromatic heterocycles. The zero-order valence-corrected chi connectivity index (χ0v) is 11.0. The molecule has 1 aliphatic rings. The van der Waals surface area contributed by atoms with E-state index in [4.69, 9.17) is 0 Å². The largest absolute Gasteiger partial charge is 0.304 e. The van der Waals surface area contributed by atoms with Crippen molar-refractivity contribution in [2.75, 3.05) is 19.6 Å². The first kappa shape index (κ1) is 13.0. The fourth-order valence-corrected chi connectivity index (χ4v) is 2.72. The lowest BCUT2D eigenvalue weighted by molar-refractivity contribution is 0.238. The molecule has 0 aliphatic carbocycles. The standard InChI is InChI=1S/C14H29N/c1-4-15-11-7-5-9-14(13(2)3)10-6-8-12-15/h13-14H,4-12H2,1-3H3. The van der Waals surface area contributed by atoms with E-state index in [0.717, 1.165) is 11.8 Å². The molecule has 1 saturated heterocycles. The molecule has 1 heterocycles. The van der Waals surface area contributed by atoms with Gasteiger partial charge in [-0.2, -0.15) is 0 Å². The van der Waals surface area contributed by atoms with Crippen LogP contribution in [0.1, 0.15) is 59.3 Å². The smallest absolute Gasteiger partial charge is 0.00189 e. The molecule has 1 rings (SSSR count). The van der Waals surface area contributed by atoms with Crippen LogP contribution >= 0.6 is 0 Å². The summed E-state index contributed by atoms with van der Waals surface area (Å²) in [5.74, 6) is 1.89. The van der Waals surface area contributed by atoms with Crippen molar-refractivity contribution >= 4 is 0 Å². The van der Waals surface area contributed by atoms with E-state index in [1.807, 2.05) is 0 Å². The molecular formula is C14H29N. The van der Waals surface area contributed by atoms with Gasteiger partial charge in [0.15, 0.2) is 0 Å². The van der Waals surface area contributed by atoms with Crippen molar-refractivity contribution in [3.8, 4) is 0 Å². The second-order valence-corrected chi connectivity index (χ2v) is 5.43. The highest BCUT2D eigenvalue weighted by molar-refractivity contribution is 4.67. The van der Waals surface area contributed by atoms with Gasteiger partial charge in [0.1, 0.15) is 0 Å². The van der Waals surface area contributed by atoms with Crippen LogP contribution in [-0.4, -0.2) is 24.5 Å². The van der Waals surface area contributed by atoms with Gasteiger partial charge in [-0.15, -0.1) is 0 Å². The molecule has 0 aromatic rings. The van der Waals surface area contributed by atoms with Crippen molar-refractivity contribution in [2.45, 2.75) is 59.3 Å². The molecule has 0 saturated carbocycles. The summed E-state index contributed by atoms with van der Waals surface area (Å²) in [4.78, 5) is 2.62. The second kappa shape index (κ2) is 7.27. The Hall–Kier alpha value is -0.0400. The molecule has 15 heavy (non-hydrogen) atoms. The van der Waals surface area contributed by atoms with Crippen molar-refractivity contribution in [2.24, 2.45) is 11.8 Å².